The van der Waals surface area contributed by atoms with Gasteiger partial charge in [0.25, 0.3) is 0 Å². The van der Waals surface area contributed by atoms with Gasteiger partial charge in [0.15, 0.2) is 11.5 Å². The summed E-state index contributed by atoms with van der Waals surface area (Å²) in [6.07, 6.45) is 2.07. The first-order valence-electron chi connectivity index (χ1n) is 10.8. The van der Waals surface area contributed by atoms with E-state index in [-0.39, 0.29) is 6.61 Å². The van der Waals surface area contributed by atoms with Crippen LogP contribution < -0.4 is 14.8 Å². The molecule has 1 atom stereocenters. The number of ether oxygens (including phenoxy) is 2. The zero-order chi connectivity index (χ0) is 22.9. The largest absolute Gasteiger partial charge is 0.490 e. The molecular weight excluding hydrogens is 465 g/mol. The first kappa shape index (κ1) is 24.7. The van der Waals surface area contributed by atoms with E-state index in [1.165, 1.54) is 5.56 Å². The molecule has 0 radical (unpaired) electrons. The Morgan fingerprint density at radius 2 is 1.53 bits per heavy atom. The van der Waals surface area contributed by atoms with Crippen LogP contribution in [-0.2, 0) is 19.6 Å². The van der Waals surface area contributed by atoms with Gasteiger partial charge in [-0.3, -0.25) is 0 Å². The SMILES string of the molecule is CCOc1cc(CNC(C)CCc2ccccc2)c(Cl)cc1OCc1c(Cl)cccc1Cl. The van der Waals surface area contributed by atoms with Gasteiger partial charge in [-0.05, 0) is 56.0 Å². The molecule has 3 nitrogen and oxygen atoms in total. The van der Waals surface area contributed by atoms with E-state index < -0.39 is 0 Å². The summed E-state index contributed by atoms with van der Waals surface area (Å²) in [5, 5.41) is 5.30. The zero-order valence-corrected chi connectivity index (χ0v) is 20.6. The van der Waals surface area contributed by atoms with E-state index in [0.717, 1.165) is 24.0 Å². The summed E-state index contributed by atoms with van der Waals surface area (Å²) in [5.41, 5.74) is 3.04. The van der Waals surface area contributed by atoms with Crippen molar-refractivity contribution >= 4 is 34.8 Å². The fourth-order valence-electron chi connectivity index (χ4n) is 3.33. The lowest BCUT2D eigenvalue weighted by Crippen LogP contribution is -2.26. The van der Waals surface area contributed by atoms with E-state index in [0.29, 0.717) is 45.8 Å². The molecule has 0 saturated carbocycles. The molecule has 0 heterocycles. The Bertz CT molecular complexity index is 991. The number of hydrogen-bond acceptors (Lipinski definition) is 3. The Balaban J connectivity index is 1.64. The van der Waals surface area contributed by atoms with Gasteiger partial charge in [0.2, 0.25) is 0 Å². The minimum atomic E-state index is 0.225. The normalized spacial score (nSPS) is 11.9. The second-order valence-electron chi connectivity index (χ2n) is 7.62. The molecule has 0 bridgehead atoms. The van der Waals surface area contributed by atoms with Crippen molar-refractivity contribution in [2.45, 2.75) is 45.9 Å². The van der Waals surface area contributed by atoms with E-state index >= 15 is 0 Å². The van der Waals surface area contributed by atoms with Crippen molar-refractivity contribution in [2.24, 2.45) is 0 Å². The maximum Gasteiger partial charge on any atom is 0.163 e. The Hall–Kier alpha value is -1.91. The Morgan fingerprint density at radius 1 is 0.844 bits per heavy atom. The summed E-state index contributed by atoms with van der Waals surface area (Å²) in [5.74, 6) is 1.21. The highest BCUT2D eigenvalue weighted by Crippen LogP contribution is 2.35. The molecule has 32 heavy (non-hydrogen) atoms. The number of hydrogen-bond donors (Lipinski definition) is 1. The average molecular weight is 493 g/mol. The van der Waals surface area contributed by atoms with Crippen molar-refractivity contribution in [3.8, 4) is 11.5 Å². The third-order valence-corrected chi connectivity index (χ3v) is 6.26. The molecule has 1 unspecified atom stereocenters. The van der Waals surface area contributed by atoms with Crippen LogP contribution in [-0.4, -0.2) is 12.6 Å². The van der Waals surface area contributed by atoms with Crippen LogP contribution in [0.4, 0.5) is 0 Å². The number of halogens is 3. The zero-order valence-electron chi connectivity index (χ0n) is 18.3. The lowest BCUT2D eigenvalue weighted by Gasteiger charge is -2.18. The highest BCUT2D eigenvalue weighted by atomic mass is 35.5. The highest BCUT2D eigenvalue weighted by Gasteiger charge is 2.14. The van der Waals surface area contributed by atoms with E-state index in [1.807, 2.05) is 19.1 Å². The number of aryl methyl sites for hydroxylation is 1. The predicted octanol–water partition coefficient (Wildman–Crippen LogP) is 7.74. The van der Waals surface area contributed by atoms with E-state index in [4.69, 9.17) is 44.3 Å². The van der Waals surface area contributed by atoms with Crippen LogP contribution in [0.3, 0.4) is 0 Å². The topological polar surface area (TPSA) is 30.5 Å². The molecule has 3 aromatic rings. The maximum atomic E-state index is 6.57. The molecule has 170 valence electrons. The van der Waals surface area contributed by atoms with Gasteiger partial charge in [-0.2, -0.15) is 0 Å². The molecule has 0 spiro atoms. The summed E-state index contributed by atoms with van der Waals surface area (Å²) >= 11 is 19.1. The van der Waals surface area contributed by atoms with E-state index in [1.54, 1.807) is 24.3 Å². The molecule has 0 aliphatic heterocycles. The van der Waals surface area contributed by atoms with Gasteiger partial charge in [0.1, 0.15) is 6.61 Å². The molecule has 0 aliphatic carbocycles. The van der Waals surface area contributed by atoms with Crippen LogP contribution in [0.1, 0.15) is 37.0 Å². The molecule has 0 amide bonds. The van der Waals surface area contributed by atoms with E-state index in [9.17, 15) is 0 Å². The molecule has 0 aliphatic rings. The summed E-state index contributed by atoms with van der Waals surface area (Å²) in [7, 11) is 0. The highest BCUT2D eigenvalue weighted by molar-refractivity contribution is 6.36. The fourth-order valence-corrected chi connectivity index (χ4v) is 4.06. The van der Waals surface area contributed by atoms with Gasteiger partial charge in [0.05, 0.1) is 6.61 Å². The number of benzene rings is 3. The summed E-state index contributed by atoms with van der Waals surface area (Å²) < 4.78 is 11.8. The number of rotatable bonds is 11. The first-order valence-corrected chi connectivity index (χ1v) is 11.9. The molecule has 3 rings (SSSR count). The second kappa shape index (κ2) is 12.4. The van der Waals surface area contributed by atoms with Crippen LogP contribution >= 0.6 is 34.8 Å². The average Bonchev–Trinajstić information content (AvgIpc) is 2.78. The van der Waals surface area contributed by atoms with Crippen LogP contribution in [0.15, 0.2) is 60.7 Å². The van der Waals surface area contributed by atoms with Gasteiger partial charge in [-0.15, -0.1) is 0 Å². The van der Waals surface area contributed by atoms with Crippen molar-refractivity contribution in [1.29, 1.82) is 0 Å². The van der Waals surface area contributed by atoms with Gasteiger partial charge >= 0.3 is 0 Å². The monoisotopic (exact) mass is 491 g/mol. The molecule has 0 saturated heterocycles. The lowest BCUT2D eigenvalue weighted by atomic mass is 10.1. The fraction of sp³-hybridized carbons (Fsp3) is 0.308. The second-order valence-corrected chi connectivity index (χ2v) is 8.84. The first-order chi connectivity index (χ1) is 15.5. The molecule has 0 fully saturated rings. The lowest BCUT2D eigenvalue weighted by molar-refractivity contribution is 0.269. The minimum Gasteiger partial charge on any atom is -0.490 e. The van der Waals surface area contributed by atoms with Crippen molar-refractivity contribution in [3.63, 3.8) is 0 Å². The standard InChI is InChI=1S/C26H28Cl3NO2/c1-3-31-25-14-20(16-30-18(2)12-13-19-8-5-4-6-9-19)24(29)15-26(25)32-17-21-22(27)10-7-11-23(21)28/h4-11,14-15,18,30H,3,12-13,16-17H2,1-2H3. The minimum absolute atomic E-state index is 0.225. The van der Waals surface area contributed by atoms with Crippen LogP contribution in [0.5, 0.6) is 11.5 Å². The molecule has 3 aromatic carbocycles. The van der Waals surface area contributed by atoms with Crippen LogP contribution in [0.25, 0.3) is 0 Å². The molecular formula is C26H28Cl3NO2. The molecule has 0 aromatic heterocycles. The summed E-state index contributed by atoms with van der Waals surface area (Å²) in [6.45, 7) is 5.51. The predicted molar refractivity (Wildman–Crippen MR) is 134 cm³/mol. The number of nitrogens with one attached hydrogen (secondary N) is 1. The van der Waals surface area contributed by atoms with Crippen molar-refractivity contribution in [2.75, 3.05) is 6.61 Å². The quantitative estimate of drug-likeness (QED) is 0.297. The van der Waals surface area contributed by atoms with Crippen molar-refractivity contribution in [1.82, 2.24) is 5.32 Å². The van der Waals surface area contributed by atoms with Gasteiger partial charge in [-0.25, -0.2) is 0 Å². The van der Waals surface area contributed by atoms with Gasteiger partial charge in [0, 0.05) is 39.3 Å². The summed E-state index contributed by atoms with van der Waals surface area (Å²) in [6, 6.07) is 20.0. The third kappa shape index (κ3) is 7.05. The Kier molecular flexibility index (Phi) is 9.55. The van der Waals surface area contributed by atoms with Crippen molar-refractivity contribution in [3.05, 3.63) is 92.4 Å². The van der Waals surface area contributed by atoms with E-state index in [2.05, 4.69) is 36.5 Å². The summed E-state index contributed by atoms with van der Waals surface area (Å²) in [4.78, 5) is 0. The van der Waals surface area contributed by atoms with Gasteiger partial charge in [-0.1, -0.05) is 71.2 Å². The maximum absolute atomic E-state index is 6.57. The third-order valence-electron chi connectivity index (χ3n) is 5.20. The van der Waals surface area contributed by atoms with Crippen LogP contribution in [0, 0.1) is 0 Å². The van der Waals surface area contributed by atoms with Crippen LogP contribution in [0.2, 0.25) is 15.1 Å². The van der Waals surface area contributed by atoms with Gasteiger partial charge < -0.3 is 14.8 Å². The Morgan fingerprint density at radius 3 is 2.22 bits per heavy atom. The Labute approximate surface area is 205 Å². The molecule has 6 heteroatoms. The smallest absolute Gasteiger partial charge is 0.163 e. The molecule has 1 N–H and O–H groups in total. The van der Waals surface area contributed by atoms with Crippen molar-refractivity contribution < 1.29 is 9.47 Å².